The molecule has 1 aliphatic rings. The van der Waals surface area contributed by atoms with E-state index < -0.39 is 0 Å². The van der Waals surface area contributed by atoms with Crippen molar-refractivity contribution in [2.45, 2.75) is 32.2 Å². The summed E-state index contributed by atoms with van der Waals surface area (Å²) in [6.45, 7) is 4.21. The quantitative estimate of drug-likeness (QED) is 0.782. The van der Waals surface area contributed by atoms with E-state index in [9.17, 15) is 4.79 Å². The van der Waals surface area contributed by atoms with Crippen molar-refractivity contribution >= 4 is 17.2 Å². The van der Waals surface area contributed by atoms with Crippen molar-refractivity contribution in [2.24, 2.45) is 0 Å². The van der Waals surface area contributed by atoms with Crippen LogP contribution < -0.4 is 0 Å². The number of hydrogen-bond acceptors (Lipinski definition) is 4. The van der Waals surface area contributed by atoms with Gasteiger partial charge in [-0.1, -0.05) is 0 Å². The molecular weight excluding hydrogens is 334 g/mol. The van der Waals surface area contributed by atoms with Crippen molar-refractivity contribution in [3.05, 3.63) is 58.3 Å². The first-order chi connectivity index (χ1) is 12.2. The van der Waals surface area contributed by atoms with E-state index in [-0.39, 0.29) is 11.8 Å². The molecule has 0 spiro atoms. The predicted octanol–water partition coefficient (Wildman–Crippen LogP) is 3.04. The molecule has 1 amide bonds. The zero-order chi connectivity index (χ0) is 17.2. The first-order valence-corrected chi connectivity index (χ1v) is 9.48. The molecule has 0 bridgehead atoms. The van der Waals surface area contributed by atoms with E-state index in [0.717, 1.165) is 55.3 Å². The van der Waals surface area contributed by atoms with Crippen LogP contribution in [0.25, 0.3) is 0 Å². The zero-order valence-corrected chi connectivity index (χ0v) is 15.0. The summed E-state index contributed by atoms with van der Waals surface area (Å²) in [6, 6.07) is 1.87. The second-order valence-electron chi connectivity index (χ2n) is 6.50. The monoisotopic (exact) mass is 355 g/mol. The number of nitrogens with zero attached hydrogens (tertiary/aromatic N) is 4. The van der Waals surface area contributed by atoms with Crippen LogP contribution in [0, 0.1) is 6.92 Å². The Hall–Kier alpha value is -2.41. The van der Waals surface area contributed by atoms with E-state index in [1.807, 2.05) is 42.0 Å². The minimum absolute atomic E-state index is 0.112. The summed E-state index contributed by atoms with van der Waals surface area (Å²) in [5.41, 5.74) is 4.60. The van der Waals surface area contributed by atoms with Crippen molar-refractivity contribution in [2.75, 3.05) is 13.1 Å². The van der Waals surface area contributed by atoms with Crippen LogP contribution in [0.1, 0.15) is 46.3 Å². The molecule has 0 aromatic carbocycles. The molecule has 1 N–H and O–H groups in total. The van der Waals surface area contributed by atoms with Gasteiger partial charge in [0.25, 0.3) is 5.91 Å². The van der Waals surface area contributed by atoms with Gasteiger partial charge in [-0.25, -0.2) is 9.97 Å². The van der Waals surface area contributed by atoms with Crippen molar-refractivity contribution in [3.8, 4) is 0 Å². The van der Waals surface area contributed by atoms with Crippen molar-refractivity contribution < 1.29 is 4.79 Å². The highest BCUT2D eigenvalue weighted by Crippen LogP contribution is 2.27. The molecule has 0 unspecified atom stereocenters. The Bertz CT molecular complexity index is 851. The lowest BCUT2D eigenvalue weighted by Crippen LogP contribution is -2.40. The van der Waals surface area contributed by atoms with E-state index in [1.54, 1.807) is 11.3 Å². The molecule has 25 heavy (non-hydrogen) atoms. The van der Waals surface area contributed by atoms with E-state index in [1.165, 1.54) is 0 Å². The van der Waals surface area contributed by atoms with Gasteiger partial charge >= 0.3 is 0 Å². The molecule has 1 fully saturated rings. The third kappa shape index (κ3) is 3.24. The molecule has 3 aromatic rings. The lowest BCUT2D eigenvalue weighted by atomic mass is 9.96. The van der Waals surface area contributed by atoms with Gasteiger partial charge in [-0.15, -0.1) is 11.3 Å². The molecular formula is C18H21N5OS. The highest BCUT2D eigenvalue weighted by molar-refractivity contribution is 7.07. The van der Waals surface area contributed by atoms with Crippen molar-refractivity contribution in [1.29, 1.82) is 0 Å². The minimum Gasteiger partial charge on any atom is -0.365 e. The predicted molar refractivity (Wildman–Crippen MR) is 96.9 cm³/mol. The Morgan fingerprint density at radius 3 is 3.12 bits per heavy atom. The molecule has 0 radical (unpaired) electrons. The first kappa shape index (κ1) is 16.1. The Kier molecular flexibility index (Phi) is 4.40. The molecule has 0 aliphatic carbocycles. The van der Waals surface area contributed by atoms with Crippen LogP contribution in [0.4, 0.5) is 0 Å². The molecule has 7 heteroatoms. The summed E-state index contributed by atoms with van der Waals surface area (Å²) < 4.78 is 2.16. The number of piperidine rings is 1. The van der Waals surface area contributed by atoms with Crippen LogP contribution in [0.5, 0.6) is 0 Å². The first-order valence-electron chi connectivity index (χ1n) is 8.53. The second-order valence-corrected chi connectivity index (χ2v) is 7.22. The number of aromatic nitrogens is 4. The summed E-state index contributed by atoms with van der Waals surface area (Å²) in [7, 11) is 0. The number of carbonyl (C=O) groups is 1. The number of H-pyrrole nitrogens is 1. The van der Waals surface area contributed by atoms with Crippen LogP contribution in [0.2, 0.25) is 0 Å². The maximum Gasteiger partial charge on any atom is 0.255 e. The third-order valence-electron chi connectivity index (χ3n) is 4.82. The van der Waals surface area contributed by atoms with Gasteiger partial charge in [-0.05, 0) is 25.8 Å². The fourth-order valence-electron chi connectivity index (χ4n) is 3.53. The van der Waals surface area contributed by atoms with Gasteiger partial charge in [0.2, 0.25) is 0 Å². The number of likely N-dealkylation sites (tertiary alicyclic amines) is 1. The maximum atomic E-state index is 12.8. The molecule has 0 saturated carbocycles. The number of rotatable bonds is 4. The van der Waals surface area contributed by atoms with Crippen LogP contribution in [0.15, 0.2) is 35.5 Å². The van der Waals surface area contributed by atoms with E-state index in [0.29, 0.717) is 0 Å². The van der Waals surface area contributed by atoms with Gasteiger partial charge in [0, 0.05) is 48.7 Å². The normalized spacial score (nSPS) is 17.8. The molecule has 6 nitrogen and oxygen atoms in total. The van der Waals surface area contributed by atoms with Gasteiger partial charge in [0.1, 0.15) is 5.82 Å². The van der Waals surface area contributed by atoms with Crippen LogP contribution >= 0.6 is 11.3 Å². The lowest BCUT2D eigenvalue weighted by molar-refractivity contribution is 0.0703. The highest BCUT2D eigenvalue weighted by atomic mass is 32.1. The number of carbonyl (C=O) groups excluding carboxylic acids is 1. The number of thiazole rings is 1. The summed E-state index contributed by atoms with van der Waals surface area (Å²) in [5.74, 6) is 1.43. The van der Waals surface area contributed by atoms with Crippen LogP contribution in [-0.2, 0) is 6.54 Å². The third-order valence-corrected chi connectivity index (χ3v) is 5.46. The van der Waals surface area contributed by atoms with Crippen LogP contribution in [0.3, 0.4) is 0 Å². The molecule has 3 aromatic heterocycles. The van der Waals surface area contributed by atoms with Gasteiger partial charge in [-0.3, -0.25) is 4.79 Å². The zero-order valence-electron chi connectivity index (χ0n) is 14.2. The topological polar surface area (TPSA) is 66.8 Å². The smallest absolute Gasteiger partial charge is 0.255 e. The summed E-state index contributed by atoms with van der Waals surface area (Å²) in [4.78, 5) is 26.8. The van der Waals surface area contributed by atoms with Crippen LogP contribution in [-0.4, -0.2) is 43.4 Å². The van der Waals surface area contributed by atoms with Crippen molar-refractivity contribution in [3.63, 3.8) is 0 Å². The number of nitrogens with one attached hydrogen (secondary N) is 1. The number of amides is 1. The van der Waals surface area contributed by atoms with E-state index in [2.05, 4.69) is 24.9 Å². The van der Waals surface area contributed by atoms with Gasteiger partial charge in [-0.2, -0.15) is 0 Å². The largest absolute Gasteiger partial charge is 0.365 e. The SMILES string of the molecule is Cc1[nH]ccc1C(=O)N1CCC[C@@H](c2nccn2Cc2cscn2)C1. The van der Waals surface area contributed by atoms with Gasteiger partial charge in [0.05, 0.1) is 23.3 Å². The minimum atomic E-state index is 0.112. The molecule has 1 atom stereocenters. The highest BCUT2D eigenvalue weighted by Gasteiger charge is 2.28. The fourth-order valence-corrected chi connectivity index (χ4v) is 4.08. The Morgan fingerprint density at radius 1 is 1.44 bits per heavy atom. The number of aromatic amines is 1. The number of aryl methyl sites for hydroxylation is 1. The number of hydrogen-bond donors (Lipinski definition) is 1. The summed E-state index contributed by atoms with van der Waals surface area (Å²) in [5, 5.41) is 2.06. The van der Waals surface area contributed by atoms with Crippen molar-refractivity contribution in [1.82, 2.24) is 24.4 Å². The van der Waals surface area contributed by atoms with E-state index in [4.69, 9.17) is 0 Å². The summed E-state index contributed by atoms with van der Waals surface area (Å²) >= 11 is 1.61. The van der Waals surface area contributed by atoms with Gasteiger partial charge < -0.3 is 14.5 Å². The number of imidazole rings is 1. The lowest BCUT2D eigenvalue weighted by Gasteiger charge is -2.32. The Morgan fingerprint density at radius 2 is 2.36 bits per heavy atom. The molecule has 1 aliphatic heterocycles. The molecule has 4 rings (SSSR count). The Balaban J connectivity index is 1.51. The summed E-state index contributed by atoms with van der Waals surface area (Å²) in [6.07, 6.45) is 7.74. The Labute approximate surface area is 150 Å². The van der Waals surface area contributed by atoms with E-state index >= 15 is 0 Å². The maximum absolute atomic E-state index is 12.8. The molecule has 1 saturated heterocycles. The second kappa shape index (κ2) is 6.84. The average molecular weight is 355 g/mol. The molecule has 130 valence electrons. The van der Waals surface area contributed by atoms with Gasteiger partial charge in [0.15, 0.2) is 0 Å². The fraction of sp³-hybridized carbons (Fsp3) is 0.389. The molecule has 4 heterocycles. The standard InChI is InChI=1S/C18H21N5OS/c1-13-16(4-5-19-13)18(24)23-7-2-3-14(9-23)17-20-6-8-22(17)10-15-11-25-12-21-15/h4-6,8,11-12,14,19H,2-3,7,9-10H2,1H3/t14-/m1/s1. The average Bonchev–Trinajstić information content (AvgIpc) is 3.37.